The summed E-state index contributed by atoms with van der Waals surface area (Å²) in [6, 6.07) is 1.55. The number of hydrogen-bond acceptors (Lipinski definition) is 7. The number of anilines is 2. The van der Waals surface area contributed by atoms with E-state index in [1.54, 1.807) is 31.7 Å². The first-order chi connectivity index (χ1) is 13.3. The molecule has 10 heteroatoms. The molecule has 0 aliphatic carbocycles. The molecular weight excluding hydrogens is 398 g/mol. The Morgan fingerprint density at radius 2 is 1.62 bits per heavy atom. The van der Waals surface area contributed by atoms with Crippen LogP contribution in [-0.4, -0.2) is 70.7 Å². The first-order valence-electron chi connectivity index (χ1n) is 9.62. The number of rotatable bonds is 0. The van der Waals surface area contributed by atoms with Crippen LogP contribution < -0.4 is 9.80 Å². The zero-order valence-corrected chi connectivity index (χ0v) is 18.5. The average Bonchev–Trinajstić information content (AvgIpc) is 2.57. The van der Waals surface area contributed by atoms with Gasteiger partial charge in [0.25, 0.3) is 0 Å². The highest BCUT2D eigenvalue weighted by molar-refractivity contribution is 6.29. The number of aromatic nitrogens is 2. The van der Waals surface area contributed by atoms with E-state index in [0.29, 0.717) is 37.7 Å². The molecule has 2 amide bonds. The number of carbonyl (C=O) groups excluding carboxylic acids is 2. The number of hydrogen-bond donors (Lipinski definition) is 0. The van der Waals surface area contributed by atoms with Crippen LogP contribution in [0.3, 0.4) is 0 Å². The molecule has 1 fully saturated rings. The molecule has 3 rings (SSSR count). The van der Waals surface area contributed by atoms with Gasteiger partial charge in [0.15, 0.2) is 11.0 Å². The predicted molar refractivity (Wildman–Crippen MR) is 110 cm³/mol. The quantitative estimate of drug-likeness (QED) is 0.630. The Bertz CT molecular complexity index is 805. The van der Waals surface area contributed by atoms with Crippen LogP contribution in [0.4, 0.5) is 21.1 Å². The molecule has 1 aromatic heterocycles. The molecule has 0 unspecified atom stereocenters. The van der Waals surface area contributed by atoms with Crippen LogP contribution in [-0.2, 0) is 9.47 Å². The second-order valence-electron chi connectivity index (χ2n) is 9.24. The maximum absolute atomic E-state index is 12.8. The third kappa shape index (κ3) is 5.01. The molecule has 29 heavy (non-hydrogen) atoms. The van der Waals surface area contributed by atoms with Gasteiger partial charge in [-0.1, -0.05) is 11.6 Å². The van der Waals surface area contributed by atoms with E-state index in [-0.39, 0.29) is 17.3 Å². The Kier molecular flexibility index (Phi) is 5.55. The summed E-state index contributed by atoms with van der Waals surface area (Å²) in [7, 11) is 0. The Balaban J connectivity index is 1.86. The van der Waals surface area contributed by atoms with Crippen molar-refractivity contribution in [1.82, 2.24) is 15.1 Å². The average molecular weight is 426 g/mol. The number of piperazine rings is 1. The van der Waals surface area contributed by atoms with Gasteiger partial charge < -0.3 is 19.3 Å². The molecule has 160 valence electrons. The minimum absolute atomic E-state index is 0.142. The van der Waals surface area contributed by atoms with Crippen LogP contribution in [0.5, 0.6) is 0 Å². The van der Waals surface area contributed by atoms with Crippen LogP contribution in [0, 0.1) is 0 Å². The fraction of sp³-hybridized carbons (Fsp3) is 0.684. The number of carbonyl (C=O) groups is 2. The third-order valence-electron chi connectivity index (χ3n) is 4.43. The van der Waals surface area contributed by atoms with Gasteiger partial charge in [-0.25, -0.2) is 9.59 Å². The van der Waals surface area contributed by atoms with Crippen molar-refractivity contribution < 1.29 is 19.1 Å². The molecule has 1 saturated heterocycles. The molecule has 0 saturated carbocycles. The topological polar surface area (TPSA) is 88.1 Å². The van der Waals surface area contributed by atoms with Gasteiger partial charge in [-0.3, -0.25) is 4.90 Å². The summed E-state index contributed by atoms with van der Waals surface area (Å²) in [5, 5.41) is 8.28. The lowest BCUT2D eigenvalue weighted by molar-refractivity contribution is 0.0214. The molecule has 2 aliphatic rings. The van der Waals surface area contributed by atoms with E-state index in [2.05, 4.69) is 15.1 Å². The molecule has 0 bridgehead atoms. The summed E-state index contributed by atoms with van der Waals surface area (Å²) in [6.07, 6.45) is -0.873. The fourth-order valence-corrected chi connectivity index (χ4v) is 3.49. The van der Waals surface area contributed by atoms with E-state index in [1.165, 1.54) is 4.90 Å². The fourth-order valence-electron chi connectivity index (χ4n) is 3.35. The number of nitrogens with zero attached hydrogens (tertiary/aromatic N) is 5. The number of fused-ring (bicyclic) bond motifs is 3. The van der Waals surface area contributed by atoms with E-state index in [9.17, 15) is 9.59 Å². The zero-order chi connectivity index (χ0) is 21.6. The maximum Gasteiger partial charge on any atom is 0.416 e. The van der Waals surface area contributed by atoms with Gasteiger partial charge in [-0.2, -0.15) is 0 Å². The molecular formula is C19H28ClN5O4. The van der Waals surface area contributed by atoms with Crippen LogP contribution in [0.2, 0.25) is 5.15 Å². The van der Waals surface area contributed by atoms with Gasteiger partial charge in [-0.15, -0.1) is 10.2 Å². The van der Waals surface area contributed by atoms with Gasteiger partial charge in [0.2, 0.25) is 0 Å². The molecule has 9 nitrogen and oxygen atoms in total. The number of halogens is 1. The summed E-state index contributed by atoms with van der Waals surface area (Å²) in [4.78, 5) is 30.6. The zero-order valence-electron chi connectivity index (χ0n) is 17.7. The molecule has 0 aromatic carbocycles. The van der Waals surface area contributed by atoms with Crippen molar-refractivity contribution in [3.8, 4) is 0 Å². The van der Waals surface area contributed by atoms with Crippen LogP contribution in [0.15, 0.2) is 6.07 Å². The van der Waals surface area contributed by atoms with Crippen molar-refractivity contribution in [2.45, 2.75) is 58.8 Å². The lowest BCUT2D eigenvalue weighted by Gasteiger charge is -2.47. The molecule has 1 atom stereocenters. The molecule has 0 radical (unpaired) electrons. The van der Waals surface area contributed by atoms with Crippen LogP contribution >= 0.6 is 11.6 Å². The van der Waals surface area contributed by atoms with Crippen LogP contribution in [0.1, 0.15) is 41.5 Å². The Morgan fingerprint density at radius 3 is 2.24 bits per heavy atom. The van der Waals surface area contributed by atoms with Gasteiger partial charge in [0.1, 0.15) is 11.2 Å². The van der Waals surface area contributed by atoms with Crippen molar-refractivity contribution in [3.63, 3.8) is 0 Å². The summed E-state index contributed by atoms with van der Waals surface area (Å²) < 4.78 is 11.1. The summed E-state index contributed by atoms with van der Waals surface area (Å²) in [5.74, 6) is 0.408. The number of ether oxygens (including phenoxy) is 2. The molecule has 2 aliphatic heterocycles. The molecule has 0 spiro atoms. The van der Waals surface area contributed by atoms with Crippen molar-refractivity contribution >= 4 is 35.3 Å². The smallest absolute Gasteiger partial charge is 0.416 e. The van der Waals surface area contributed by atoms with E-state index in [1.807, 2.05) is 20.8 Å². The molecule has 0 N–H and O–H groups in total. The van der Waals surface area contributed by atoms with Crippen molar-refractivity contribution in [1.29, 1.82) is 0 Å². The summed E-state index contributed by atoms with van der Waals surface area (Å²) >= 11 is 6.07. The normalized spacial score (nSPS) is 19.4. The highest BCUT2D eigenvalue weighted by Crippen LogP contribution is 2.37. The molecule has 1 aromatic rings. The lowest BCUT2D eigenvalue weighted by Crippen LogP contribution is -2.62. The number of amides is 2. The second kappa shape index (κ2) is 7.51. The highest BCUT2D eigenvalue weighted by Gasteiger charge is 2.41. The monoisotopic (exact) mass is 425 g/mol. The SMILES string of the molecule is CC(C)(C)OC(=O)N1CCN2c3cc(Cl)nnc3N(C(=O)OC(C)(C)C)C[C@H]2C1. The van der Waals surface area contributed by atoms with Gasteiger partial charge in [0.05, 0.1) is 18.3 Å². The summed E-state index contributed by atoms with van der Waals surface area (Å²) in [5.41, 5.74) is -0.515. The Hall–Kier alpha value is -2.29. The maximum atomic E-state index is 12.8. The van der Waals surface area contributed by atoms with Gasteiger partial charge in [-0.05, 0) is 41.5 Å². The van der Waals surface area contributed by atoms with Gasteiger partial charge in [0, 0.05) is 25.7 Å². The standard InChI is InChI=1S/C19H28ClN5O4/c1-18(2,3)28-16(26)23-7-8-24-12(10-23)11-25(17(27)29-19(4,5)6)15-13(24)9-14(20)21-22-15/h9,12H,7-8,10-11H2,1-6H3/t12-/m1/s1. The van der Waals surface area contributed by atoms with Crippen molar-refractivity contribution in [3.05, 3.63) is 11.2 Å². The van der Waals surface area contributed by atoms with E-state index in [4.69, 9.17) is 21.1 Å². The first kappa shape index (κ1) is 21.4. The van der Waals surface area contributed by atoms with E-state index < -0.39 is 17.3 Å². The highest BCUT2D eigenvalue weighted by atomic mass is 35.5. The predicted octanol–water partition coefficient (Wildman–Crippen LogP) is 3.31. The minimum Gasteiger partial charge on any atom is -0.444 e. The summed E-state index contributed by atoms with van der Waals surface area (Å²) in [6.45, 7) is 12.7. The first-order valence-corrected chi connectivity index (χ1v) is 10.0. The third-order valence-corrected chi connectivity index (χ3v) is 4.62. The van der Waals surface area contributed by atoms with E-state index in [0.717, 1.165) is 0 Å². The van der Waals surface area contributed by atoms with Crippen molar-refractivity contribution in [2.75, 3.05) is 36.0 Å². The Labute approximate surface area is 175 Å². The van der Waals surface area contributed by atoms with Crippen LogP contribution in [0.25, 0.3) is 0 Å². The second-order valence-corrected chi connectivity index (χ2v) is 9.63. The Morgan fingerprint density at radius 1 is 1.00 bits per heavy atom. The van der Waals surface area contributed by atoms with E-state index >= 15 is 0 Å². The molecule has 3 heterocycles. The van der Waals surface area contributed by atoms with Gasteiger partial charge >= 0.3 is 12.2 Å². The largest absolute Gasteiger partial charge is 0.444 e. The lowest BCUT2D eigenvalue weighted by atomic mass is 10.1. The minimum atomic E-state index is -0.649. The van der Waals surface area contributed by atoms with Crippen molar-refractivity contribution in [2.24, 2.45) is 0 Å².